The van der Waals surface area contributed by atoms with Crippen molar-refractivity contribution in [2.24, 2.45) is 11.7 Å². The molecule has 0 aromatic heterocycles. The van der Waals surface area contributed by atoms with Gasteiger partial charge in [0.05, 0.1) is 12.5 Å². The van der Waals surface area contributed by atoms with E-state index in [2.05, 4.69) is 5.32 Å². The van der Waals surface area contributed by atoms with E-state index >= 15 is 0 Å². The molecular formula is C7H14N2O2. The molecular weight excluding hydrogens is 144 g/mol. The van der Waals surface area contributed by atoms with Crippen LogP contribution in [0.5, 0.6) is 0 Å². The zero-order valence-electron chi connectivity index (χ0n) is 6.67. The van der Waals surface area contributed by atoms with Gasteiger partial charge < -0.3 is 15.8 Å². The van der Waals surface area contributed by atoms with Crippen LogP contribution in [-0.2, 0) is 9.53 Å². The van der Waals surface area contributed by atoms with Crippen molar-refractivity contribution in [2.75, 3.05) is 20.3 Å². The van der Waals surface area contributed by atoms with Crippen LogP contribution in [0.25, 0.3) is 0 Å². The predicted octanol–water partition coefficient (Wildman–Crippen LogP) is -0.904. The SMILES string of the molecule is CNC1CCOCC1C(N)=O. The molecule has 1 saturated heterocycles. The summed E-state index contributed by atoms with van der Waals surface area (Å²) in [4.78, 5) is 10.8. The first-order chi connectivity index (χ1) is 5.25. The topological polar surface area (TPSA) is 64.3 Å². The van der Waals surface area contributed by atoms with Crippen molar-refractivity contribution in [3.8, 4) is 0 Å². The van der Waals surface area contributed by atoms with Gasteiger partial charge in [0, 0.05) is 12.6 Å². The second kappa shape index (κ2) is 3.69. The fraction of sp³-hybridized carbons (Fsp3) is 0.857. The molecule has 0 aliphatic carbocycles. The summed E-state index contributed by atoms with van der Waals surface area (Å²) in [7, 11) is 1.84. The first-order valence-corrected chi connectivity index (χ1v) is 3.80. The predicted molar refractivity (Wildman–Crippen MR) is 41.0 cm³/mol. The van der Waals surface area contributed by atoms with Crippen molar-refractivity contribution in [1.82, 2.24) is 5.32 Å². The second-order valence-electron chi connectivity index (χ2n) is 2.77. The molecule has 64 valence electrons. The third-order valence-electron chi connectivity index (χ3n) is 2.09. The third kappa shape index (κ3) is 1.91. The molecule has 1 fully saturated rings. The van der Waals surface area contributed by atoms with Gasteiger partial charge in [0.1, 0.15) is 0 Å². The average molecular weight is 158 g/mol. The van der Waals surface area contributed by atoms with E-state index in [0.29, 0.717) is 6.61 Å². The quantitative estimate of drug-likeness (QED) is 0.547. The first kappa shape index (κ1) is 8.49. The van der Waals surface area contributed by atoms with Crippen molar-refractivity contribution < 1.29 is 9.53 Å². The average Bonchev–Trinajstić information content (AvgIpc) is 2.04. The summed E-state index contributed by atoms with van der Waals surface area (Å²) in [6.45, 7) is 1.18. The minimum atomic E-state index is -0.274. The van der Waals surface area contributed by atoms with Crippen LogP contribution in [0.2, 0.25) is 0 Å². The number of nitrogens with one attached hydrogen (secondary N) is 1. The van der Waals surface area contributed by atoms with Gasteiger partial charge in [0.15, 0.2) is 0 Å². The van der Waals surface area contributed by atoms with E-state index in [1.165, 1.54) is 0 Å². The highest BCUT2D eigenvalue weighted by Gasteiger charge is 2.28. The summed E-state index contributed by atoms with van der Waals surface area (Å²) >= 11 is 0. The van der Waals surface area contributed by atoms with E-state index in [1.54, 1.807) is 0 Å². The van der Waals surface area contributed by atoms with Gasteiger partial charge >= 0.3 is 0 Å². The minimum absolute atomic E-state index is 0.159. The molecule has 1 heterocycles. The van der Waals surface area contributed by atoms with Crippen LogP contribution >= 0.6 is 0 Å². The van der Waals surface area contributed by atoms with E-state index in [-0.39, 0.29) is 17.9 Å². The molecule has 1 rings (SSSR count). The van der Waals surface area contributed by atoms with Crippen molar-refractivity contribution in [2.45, 2.75) is 12.5 Å². The standard InChI is InChI=1S/C7H14N2O2/c1-9-6-2-3-11-4-5(6)7(8)10/h5-6,9H,2-4H2,1H3,(H2,8,10). The largest absolute Gasteiger partial charge is 0.381 e. The normalized spacial score (nSPS) is 31.7. The molecule has 11 heavy (non-hydrogen) atoms. The Labute approximate surface area is 66.1 Å². The van der Waals surface area contributed by atoms with Gasteiger partial charge in [-0.15, -0.1) is 0 Å². The Hall–Kier alpha value is -0.610. The molecule has 3 N–H and O–H groups in total. The molecule has 0 aromatic rings. The van der Waals surface area contributed by atoms with Gasteiger partial charge in [-0.25, -0.2) is 0 Å². The van der Waals surface area contributed by atoms with Gasteiger partial charge in [-0.3, -0.25) is 4.79 Å². The van der Waals surface area contributed by atoms with E-state index < -0.39 is 0 Å². The Kier molecular flexibility index (Phi) is 2.84. The van der Waals surface area contributed by atoms with Crippen molar-refractivity contribution >= 4 is 5.91 Å². The molecule has 1 amide bonds. The summed E-state index contributed by atoms with van der Waals surface area (Å²) in [5.41, 5.74) is 5.17. The molecule has 4 nitrogen and oxygen atoms in total. The Bertz CT molecular complexity index is 149. The number of primary amides is 1. The Morgan fingerprint density at radius 1 is 1.73 bits per heavy atom. The number of carbonyl (C=O) groups is 1. The summed E-state index contributed by atoms with van der Waals surface area (Å²) in [5, 5.41) is 3.05. The van der Waals surface area contributed by atoms with Crippen LogP contribution in [0.15, 0.2) is 0 Å². The van der Waals surface area contributed by atoms with Crippen LogP contribution in [0.3, 0.4) is 0 Å². The van der Waals surface area contributed by atoms with Crippen LogP contribution < -0.4 is 11.1 Å². The van der Waals surface area contributed by atoms with E-state index in [1.807, 2.05) is 7.05 Å². The zero-order chi connectivity index (χ0) is 8.27. The van der Waals surface area contributed by atoms with E-state index in [0.717, 1.165) is 13.0 Å². The fourth-order valence-electron chi connectivity index (χ4n) is 1.36. The molecule has 2 unspecified atom stereocenters. The molecule has 0 spiro atoms. The summed E-state index contributed by atoms with van der Waals surface area (Å²) < 4.78 is 5.13. The number of ether oxygens (including phenoxy) is 1. The molecule has 0 bridgehead atoms. The molecule has 0 saturated carbocycles. The molecule has 1 aliphatic rings. The summed E-state index contributed by atoms with van der Waals surface area (Å²) in [6.07, 6.45) is 0.865. The minimum Gasteiger partial charge on any atom is -0.381 e. The van der Waals surface area contributed by atoms with Crippen LogP contribution in [0.4, 0.5) is 0 Å². The Morgan fingerprint density at radius 2 is 2.45 bits per heavy atom. The molecule has 4 heteroatoms. The van der Waals surface area contributed by atoms with Crippen LogP contribution in [-0.4, -0.2) is 32.2 Å². The van der Waals surface area contributed by atoms with Crippen molar-refractivity contribution in [1.29, 1.82) is 0 Å². The highest BCUT2D eigenvalue weighted by atomic mass is 16.5. The Morgan fingerprint density at radius 3 is 2.91 bits per heavy atom. The number of rotatable bonds is 2. The number of carbonyl (C=O) groups excluding carboxylic acids is 1. The van der Waals surface area contributed by atoms with Crippen molar-refractivity contribution in [3.05, 3.63) is 0 Å². The Balaban J connectivity index is 2.51. The van der Waals surface area contributed by atoms with Crippen molar-refractivity contribution in [3.63, 3.8) is 0 Å². The molecule has 0 radical (unpaired) electrons. The fourth-order valence-corrected chi connectivity index (χ4v) is 1.36. The van der Waals surface area contributed by atoms with E-state index in [4.69, 9.17) is 10.5 Å². The number of hydrogen-bond acceptors (Lipinski definition) is 3. The lowest BCUT2D eigenvalue weighted by atomic mass is 9.95. The van der Waals surface area contributed by atoms with E-state index in [9.17, 15) is 4.79 Å². The monoisotopic (exact) mass is 158 g/mol. The highest BCUT2D eigenvalue weighted by Crippen LogP contribution is 2.13. The van der Waals surface area contributed by atoms with Crippen LogP contribution in [0.1, 0.15) is 6.42 Å². The molecule has 1 aliphatic heterocycles. The van der Waals surface area contributed by atoms with Gasteiger partial charge in [-0.05, 0) is 13.5 Å². The summed E-state index contributed by atoms with van der Waals surface area (Å²) in [6, 6.07) is 0.196. The maximum atomic E-state index is 10.8. The van der Waals surface area contributed by atoms with Gasteiger partial charge in [0.25, 0.3) is 0 Å². The maximum absolute atomic E-state index is 10.8. The summed E-state index contributed by atoms with van der Waals surface area (Å²) in [5.74, 6) is -0.433. The van der Waals surface area contributed by atoms with Gasteiger partial charge in [-0.1, -0.05) is 0 Å². The second-order valence-corrected chi connectivity index (χ2v) is 2.77. The smallest absolute Gasteiger partial charge is 0.224 e. The molecule has 0 aromatic carbocycles. The third-order valence-corrected chi connectivity index (χ3v) is 2.09. The van der Waals surface area contributed by atoms with Crippen LogP contribution in [0, 0.1) is 5.92 Å². The lowest BCUT2D eigenvalue weighted by Crippen LogP contribution is -2.47. The number of hydrogen-bond donors (Lipinski definition) is 2. The maximum Gasteiger partial charge on any atom is 0.224 e. The first-order valence-electron chi connectivity index (χ1n) is 3.80. The zero-order valence-corrected chi connectivity index (χ0v) is 6.67. The highest BCUT2D eigenvalue weighted by molar-refractivity contribution is 5.77. The number of amides is 1. The number of nitrogens with two attached hydrogens (primary N) is 1. The van der Waals surface area contributed by atoms with Gasteiger partial charge in [-0.2, -0.15) is 0 Å². The van der Waals surface area contributed by atoms with Gasteiger partial charge in [0.2, 0.25) is 5.91 Å². The molecule has 2 atom stereocenters. The lowest BCUT2D eigenvalue weighted by Gasteiger charge is -2.28. The lowest BCUT2D eigenvalue weighted by molar-refractivity contribution is -0.127.